The molecule has 5 heteroatoms. The van der Waals surface area contributed by atoms with Crippen molar-refractivity contribution < 1.29 is 4.79 Å². The maximum Gasteiger partial charge on any atom is 0.271 e. The fraction of sp³-hybridized carbons (Fsp3) is 0.214. The summed E-state index contributed by atoms with van der Waals surface area (Å²) in [6.45, 7) is 0.578. The molecule has 19 heavy (non-hydrogen) atoms. The zero-order valence-electron chi connectivity index (χ0n) is 10.8. The number of aromatic nitrogens is 2. The van der Waals surface area contributed by atoms with Crippen LogP contribution in [0, 0.1) is 0 Å². The van der Waals surface area contributed by atoms with Crippen LogP contribution in [0.1, 0.15) is 16.1 Å². The molecule has 2 aromatic rings. The number of carbonyl (C=O) groups excluding carboxylic acids is 1. The summed E-state index contributed by atoms with van der Waals surface area (Å²) in [5, 5.41) is 5.68. The minimum absolute atomic E-state index is 0.208. The molecule has 0 bridgehead atoms. The minimum atomic E-state index is -0.208. The normalized spacial score (nSPS) is 9.95. The highest BCUT2D eigenvalue weighted by molar-refractivity contribution is 5.92. The van der Waals surface area contributed by atoms with E-state index in [0.29, 0.717) is 18.1 Å². The van der Waals surface area contributed by atoms with Crippen LogP contribution < -0.4 is 10.6 Å². The number of benzene rings is 1. The van der Waals surface area contributed by atoms with Gasteiger partial charge in [0.15, 0.2) is 0 Å². The summed E-state index contributed by atoms with van der Waals surface area (Å²) >= 11 is 0. The second kappa shape index (κ2) is 6.49. The van der Waals surface area contributed by atoms with Crippen LogP contribution in [0.2, 0.25) is 0 Å². The maximum atomic E-state index is 11.9. The molecule has 0 aliphatic rings. The number of nitrogens with one attached hydrogen (secondary N) is 2. The topological polar surface area (TPSA) is 66.9 Å². The van der Waals surface area contributed by atoms with E-state index in [9.17, 15) is 4.79 Å². The second-order valence-electron chi connectivity index (χ2n) is 4.03. The van der Waals surface area contributed by atoms with Crippen LogP contribution in [0.15, 0.2) is 42.7 Å². The third-order valence-electron chi connectivity index (χ3n) is 2.67. The third-order valence-corrected chi connectivity index (χ3v) is 2.67. The molecule has 1 heterocycles. The van der Waals surface area contributed by atoms with Gasteiger partial charge < -0.3 is 10.6 Å². The first-order chi connectivity index (χ1) is 9.29. The van der Waals surface area contributed by atoms with Crippen molar-refractivity contribution in [3.05, 3.63) is 54.0 Å². The first-order valence-electron chi connectivity index (χ1n) is 6.11. The van der Waals surface area contributed by atoms with Gasteiger partial charge in [-0.3, -0.25) is 9.78 Å². The molecule has 0 spiro atoms. The molecule has 0 saturated heterocycles. The van der Waals surface area contributed by atoms with Gasteiger partial charge in [-0.25, -0.2) is 4.98 Å². The number of hydrogen-bond donors (Lipinski definition) is 2. The fourth-order valence-corrected chi connectivity index (χ4v) is 1.65. The number of amides is 1. The predicted molar refractivity (Wildman–Crippen MR) is 74.1 cm³/mol. The van der Waals surface area contributed by atoms with Gasteiger partial charge in [0.05, 0.1) is 12.4 Å². The molecule has 98 valence electrons. The molecule has 0 aliphatic heterocycles. The van der Waals surface area contributed by atoms with Gasteiger partial charge in [0.2, 0.25) is 0 Å². The van der Waals surface area contributed by atoms with E-state index < -0.39 is 0 Å². The Morgan fingerprint density at radius 2 is 2.00 bits per heavy atom. The van der Waals surface area contributed by atoms with Gasteiger partial charge in [0.25, 0.3) is 5.91 Å². The van der Waals surface area contributed by atoms with Gasteiger partial charge in [-0.05, 0) is 12.0 Å². The van der Waals surface area contributed by atoms with Crippen LogP contribution in [-0.2, 0) is 6.42 Å². The molecule has 1 aromatic heterocycles. The Hall–Kier alpha value is -2.43. The maximum absolute atomic E-state index is 11.9. The second-order valence-corrected chi connectivity index (χ2v) is 4.03. The first-order valence-corrected chi connectivity index (χ1v) is 6.11. The van der Waals surface area contributed by atoms with Gasteiger partial charge in [-0.2, -0.15) is 0 Å². The Bertz CT molecular complexity index is 542. The molecular formula is C14H16N4O. The largest absolute Gasteiger partial charge is 0.372 e. The van der Waals surface area contributed by atoms with Crippen LogP contribution in [0.25, 0.3) is 0 Å². The number of rotatable bonds is 5. The lowest BCUT2D eigenvalue weighted by molar-refractivity contribution is 0.0949. The van der Waals surface area contributed by atoms with Crippen LogP contribution in [-0.4, -0.2) is 29.5 Å². The van der Waals surface area contributed by atoms with E-state index in [1.54, 1.807) is 13.2 Å². The molecule has 0 radical (unpaired) electrons. The minimum Gasteiger partial charge on any atom is -0.372 e. The van der Waals surface area contributed by atoms with E-state index in [1.807, 2.05) is 30.3 Å². The van der Waals surface area contributed by atoms with E-state index in [-0.39, 0.29) is 5.91 Å². The average molecular weight is 256 g/mol. The Labute approximate surface area is 112 Å². The van der Waals surface area contributed by atoms with Crippen LogP contribution in [0.3, 0.4) is 0 Å². The lowest BCUT2D eigenvalue weighted by Crippen LogP contribution is -2.26. The smallest absolute Gasteiger partial charge is 0.271 e. The number of hydrogen-bond acceptors (Lipinski definition) is 4. The van der Waals surface area contributed by atoms with Gasteiger partial charge in [-0.1, -0.05) is 30.3 Å². The van der Waals surface area contributed by atoms with Gasteiger partial charge >= 0.3 is 0 Å². The highest BCUT2D eigenvalue weighted by Gasteiger charge is 2.07. The number of carbonyl (C=O) groups is 1. The summed E-state index contributed by atoms with van der Waals surface area (Å²) in [6, 6.07) is 10.0. The lowest BCUT2D eigenvalue weighted by Gasteiger charge is -2.05. The monoisotopic (exact) mass is 256 g/mol. The van der Waals surface area contributed by atoms with Gasteiger partial charge in [-0.15, -0.1) is 0 Å². The summed E-state index contributed by atoms with van der Waals surface area (Å²) in [5.74, 6) is 0.372. The van der Waals surface area contributed by atoms with E-state index in [4.69, 9.17) is 0 Å². The van der Waals surface area contributed by atoms with Crippen LogP contribution in [0.5, 0.6) is 0 Å². The van der Waals surface area contributed by atoms with Gasteiger partial charge in [0, 0.05) is 13.6 Å². The van der Waals surface area contributed by atoms with Gasteiger partial charge in [0.1, 0.15) is 11.5 Å². The molecule has 0 aliphatic carbocycles. The third kappa shape index (κ3) is 3.77. The highest BCUT2D eigenvalue weighted by Crippen LogP contribution is 2.01. The highest BCUT2D eigenvalue weighted by atomic mass is 16.1. The number of anilines is 1. The Kier molecular flexibility index (Phi) is 4.44. The Balaban J connectivity index is 1.87. The standard InChI is InChI=1S/C14H16N4O/c1-15-13-10-16-9-12(18-13)14(19)17-8-7-11-5-3-2-4-6-11/h2-6,9-10H,7-8H2,1H3,(H,15,18)(H,17,19). The molecule has 1 amide bonds. The van der Waals surface area contributed by atoms with Crippen molar-refractivity contribution >= 4 is 11.7 Å². The Morgan fingerprint density at radius 1 is 1.21 bits per heavy atom. The number of nitrogens with zero attached hydrogens (tertiary/aromatic N) is 2. The van der Waals surface area contributed by atoms with E-state index in [1.165, 1.54) is 11.8 Å². The molecule has 0 saturated carbocycles. The summed E-state index contributed by atoms with van der Waals surface area (Å²) in [6.07, 6.45) is 3.82. The summed E-state index contributed by atoms with van der Waals surface area (Å²) < 4.78 is 0. The van der Waals surface area contributed by atoms with Crippen molar-refractivity contribution in [1.82, 2.24) is 15.3 Å². The molecule has 1 aromatic carbocycles. The Morgan fingerprint density at radius 3 is 2.74 bits per heavy atom. The van der Waals surface area contributed by atoms with Crippen molar-refractivity contribution in [2.24, 2.45) is 0 Å². The van der Waals surface area contributed by atoms with Crippen molar-refractivity contribution in [3.8, 4) is 0 Å². The van der Waals surface area contributed by atoms with E-state index in [2.05, 4.69) is 20.6 Å². The SMILES string of the molecule is CNc1cncc(C(=O)NCCc2ccccc2)n1. The summed E-state index contributed by atoms with van der Waals surface area (Å²) in [4.78, 5) is 19.9. The summed E-state index contributed by atoms with van der Waals surface area (Å²) in [5.41, 5.74) is 1.51. The quantitative estimate of drug-likeness (QED) is 0.850. The molecule has 5 nitrogen and oxygen atoms in total. The molecule has 0 fully saturated rings. The first kappa shape index (κ1) is 13.0. The van der Waals surface area contributed by atoms with Crippen molar-refractivity contribution in [1.29, 1.82) is 0 Å². The lowest BCUT2D eigenvalue weighted by atomic mass is 10.1. The molecule has 0 unspecified atom stereocenters. The predicted octanol–water partition coefficient (Wildman–Crippen LogP) is 1.49. The van der Waals surface area contributed by atoms with E-state index in [0.717, 1.165) is 6.42 Å². The van der Waals surface area contributed by atoms with Crippen molar-refractivity contribution in [2.75, 3.05) is 18.9 Å². The van der Waals surface area contributed by atoms with Crippen LogP contribution >= 0.6 is 0 Å². The molecule has 2 rings (SSSR count). The van der Waals surface area contributed by atoms with Crippen LogP contribution in [0.4, 0.5) is 5.82 Å². The van der Waals surface area contributed by atoms with Crippen molar-refractivity contribution in [3.63, 3.8) is 0 Å². The average Bonchev–Trinajstić information content (AvgIpc) is 2.48. The van der Waals surface area contributed by atoms with E-state index >= 15 is 0 Å². The zero-order valence-corrected chi connectivity index (χ0v) is 10.8. The summed E-state index contributed by atoms with van der Waals surface area (Å²) in [7, 11) is 1.74. The zero-order chi connectivity index (χ0) is 13.5. The molecular weight excluding hydrogens is 240 g/mol. The molecule has 2 N–H and O–H groups in total. The fourth-order valence-electron chi connectivity index (χ4n) is 1.65. The van der Waals surface area contributed by atoms with Crippen molar-refractivity contribution in [2.45, 2.75) is 6.42 Å². The molecule has 0 atom stereocenters.